The van der Waals surface area contributed by atoms with E-state index in [1.54, 1.807) is 24.3 Å². The first kappa shape index (κ1) is 23.2. The summed E-state index contributed by atoms with van der Waals surface area (Å²) in [6, 6.07) is 24.1. The minimum absolute atomic E-state index is 0.0118. The number of carbonyl (C=O) groups excluding carboxylic acids is 2. The molecule has 3 aromatic carbocycles. The summed E-state index contributed by atoms with van der Waals surface area (Å²) in [6.45, 7) is 2.52. The molecule has 0 radical (unpaired) electrons. The number of nitrogens with zero attached hydrogens (tertiary/aromatic N) is 1. The molecule has 1 saturated heterocycles. The van der Waals surface area contributed by atoms with Crippen LogP contribution in [0, 0.1) is 0 Å². The number of ether oxygens (including phenoxy) is 2. The van der Waals surface area contributed by atoms with Gasteiger partial charge in [-0.25, -0.2) is 0 Å². The van der Waals surface area contributed by atoms with E-state index in [1.807, 2.05) is 59.5 Å². The molecule has 0 atom stereocenters. The van der Waals surface area contributed by atoms with Crippen LogP contribution in [0.15, 0.2) is 78.9 Å². The summed E-state index contributed by atoms with van der Waals surface area (Å²) in [7, 11) is 0. The fourth-order valence-electron chi connectivity index (χ4n) is 3.75. The number of hydrogen-bond acceptors (Lipinski definition) is 5. The third-order valence-electron chi connectivity index (χ3n) is 5.44. The number of rotatable bonds is 10. The molecule has 0 aliphatic carbocycles. The fraction of sp³-hybridized carbons (Fsp3) is 0.259. The van der Waals surface area contributed by atoms with Gasteiger partial charge in [-0.05, 0) is 55.3 Å². The molecule has 7 heteroatoms. The van der Waals surface area contributed by atoms with E-state index in [0.717, 1.165) is 37.4 Å². The van der Waals surface area contributed by atoms with Gasteiger partial charge in [0.05, 0.1) is 6.54 Å². The Hall–Kier alpha value is -4.00. The van der Waals surface area contributed by atoms with E-state index in [9.17, 15) is 9.59 Å². The lowest BCUT2D eigenvalue weighted by molar-refractivity contribution is -0.114. The lowest BCUT2D eigenvalue weighted by atomic mass is 10.1. The van der Waals surface area contributed by atoms with Gasteiger partial charge in [0.25, 0.3) is 5.91 Å². The molecule has 4 rings (SSSR count). The maximum absolute atomic E-state index is 12.6. The smallest absolute Gasteiger partial charge is 0.253 e. The van der Waals surface area contributed by atoms with Crippen LogP contribution in [0.3, 0.4) is 0 Å². The van der Waals surface area contributed by atoms with Gasteiger partial charge in [0.2, 0.25) is 5.91 Å². The number of anilines is 2. The molecule has 1 aliphatic heterocycles. The summed E-state index contributed by atoms with van der Waals surface area (Å²) < 4.78 is 11.4. The van der Waals surface area contributed by atoms with Crippen LogP contribution in [-0.2, 0) is 4.79 Å². The molecule has 1 aliphatic rings. The highest BCUT2D eigenvalue weighted by Crippen LogP contribution is 2.18. The quantitative estimate of drug-likeness (QED) is 0.439. The van der Waals surface area contributed by atoms with Crippen LogP contribution >= 0.6 is 0 Å². The number of amides is 2. The molecular weight excluding hydrogens is 430 g/mol. The summed E-state index contributed by atoms with van der Waals surface area (Å²) in [5.74, 6) is 1.31. The molecule has 176 valence electrons. The highest BCUT2D eigenvalue weighted by atomic mass is 16.5. The van der Waals surface area contributed by atoms with E-state index in [4.69, 9.17) is 9.47 Å². The molecule has 3 aromatic rings. The molecular formula is C27H29N3O4. The third-order valence-corrected chi connectivity index (χ3v) is 5.44. The van der Waals surface area contributed by atoms with E-state index < -0.39 is 0 Å². The first-order valence-corrected chi connectivity index (χ1v) is 11.5. The molecule has 2 N–H and O–H groups in total. The molecule has 1 fully saturated rings. The summed E-state index contributed by atoms with van der Waals surface area (Å²) in [5.41, 5.74) is 1.97. The Labute approximate surface area is 199 Å². The molecule has 0 aromatic heterocycles. The second-order valence-corrected chi connectivity index (χ2v) is 8.02. The number of benzene rings is 3. The predicted molar refractivity (Wildman–Crippen MR) is 133 cm³/mol. The fourth-order valence-corrected chi connectivity index (χ4v) is 3.75. The van der Waals surface area contributed by atoms with Crippen molar-refractivity contribution in [1.29, 1.82) is 0 Å². The Morgan fingerprint density at radius 2 is 1.44 bits per heavy atom. The zero-order chi connectivity index (χ0) is 23.6. The largest absolute Gasteiger partial charge is 0.490 e. The van der Waals surface area contributed by atoms with Crippen LogP contribution in [0.5, 0.6) is 11.5 Å². The highest BCUT2D eigenvalue weighted by molar-refractivity contribution is 5.98. The van der Waals surface area contributed by atoms with Crippen LogP contribution in [0.25, 0.3) is 0 Å². The summed E-state index contributed by atoms with van der Waals surface area (Å²) in [5, 5.41) is 5.96. The van der Waals surface area contributed by atoms with Gasteiger partial charge in [-0.3, -0.25) is 9.59 Å². The van der Waals surface area contributed by atoms with Crippen molar-refractivity contribution >= 4 is 23.2 Å². The number of carbonyl (C=O) groups is 2. The number of likely N-dealkylation sites (tertiary alicyclic amines) is 1. The second kappa shape index (κ2) is 11.7. The van der Waals surface area contributed by atoms with Crippen molar-refractivity contribution in [3.63, 3.8) is 0 Å². The molecule has 7 nitrogen and oxygen atoms in total. The maximum Gasteiger partial charge on any atom is 0.253 e. The molecule has 2 amide bonds. The van der Waals surface area contributed by atoms with Crippen molar-refractivity contribution in [3.8, 4) is 11.5 Å². The van der Waals surface area contributed by atoms with Crippen LogP contribution in [0.1, 0.15) is 23.2 Å². The zero-order valence-electron chi connectivity index (χ0n) is 19.0. The molecule has 0 spiro atoms. The molecule has 0 bridgehead atoms. The van der Waals surface area contributed by atoms with E-state index in [1.165, 1.54) is 0 Å². The van der Waals surface area contributed by atoms with Gasteiger partial charge in [0.1, 0.15) is 24.7 Å². The zero-order valence-corrected chi connectivity index (χ0v) is 19.0. The van der Waals surface area contributed by atoms with Crippen molar-refractivity contribution in [2.45, 2.75) is 12.8 Å². The van der Waals surface area contributed by atoms with Crippen molar-refractivity contribution in [3.05, 3.63) is 84.4 Å². The van der Waals surface area contributed by atoms with Crippen molar-refractivity contribution in [2.24, 2.45) is 0 Å². The standard InChI is InChI=1S/C27H29N3O4/c31-26(29-23-10-6-8-21(18-23)27(32)30-14-4-5-15-30)20-28-22-9-7-13-25(19-22)34-17-16-33-24-11-2-1-3-12-24/h1-3,6-13,18-19,28H,4-5,14-17,20H2,(H,29,31). The van der Waals surface area contributed by atoms with Crippen LogP contribution < -0.4 is 20.1 Å². The van der Waals surface area contributed by atoms with Crippen LogP contribution in [0.2, 0.25) is 0 Å². The van der Waals surface area contributed by atoms with Crippen LogP contribution in [-0.4, -0.2) is 49.6 Å². The normalized spacial score (nSPS) is 12.8. The minimum atomic E-state index is -0.201. The first-order valence-electron chi connectivity index (χ1n) is 11.5. The lowest BCUT2D eigenvalue weighted by Gasteiger charge is -2.16. The number of nitrogens with one attached hydrogen (secondary N) is 2. The van der Waals surface area contributed by atoms with Gasteiger partial charge in [-0.1, -0.05) is 30.3 Å². The highest BCUT2D eigenvalue weighted by Gasteiger charge is 2.19. The Balaban J connectivity index is 1.22. The van der Waals surface area contributed by atoms with Crippen molar-refractivity contribution in [2.75, 3.05) is 43.5 Å². The first-order chi connectivity index (χ1) is 16.7. The van der Waals surface area contributed by atoms with E-state index >= 15 is 0 Å². The van der Waals surface area contributed by atoms with E-state index in [0.29, 0.717) is 30.2 Å². The molecule has 1 heterocycles. The monoisotopic (exact) mass is 459 g/mol. The minimum Gasteiger partial charge on any atom is -0.490 e. The Morgan fingerprint density at radius 3 is 2.24 bits per heavy atom. The number of para-hydroxylation sites is 1. The Kier molecular flexibility index (Phi) is 8.00. The van der Waals surface area contributed by atoms with Gasteiger partial charge in [0.15, 0.2) is 0 Å². The summed E-state index contributed by atoms with van der Waals surface area (Å²) in [4.78, 5) is 26.9. The maximum atomic E-state index is 12.6. The van der Waals surface area contributed by atoms with E-state index in [-0.39, 0.29) is 18.4 Å². The SMILES string of the molecule is O=C(CNc1cccc(OCCOc2ccccc2)c1)Nc1cccc(C(=O)N2CCCC2)c1. The second-order valence-electron chi connectivity index (χ2n) is 8.02. The molecule has 0 unspecified atom stereocenters. The summed E-state index contributed by atoms with van der Waals surface area (Å²) in [6.07, 6.45) is 2.09. The topological polar surface area (TPSA) is 79.9 Å². The lowest BCUT2D eigenvalue weighted by Crippen LogP contribution is -2.27. The molecule has 0 saturated carbocycles. The van der Waals surface area contributed by atoms with Gasteiger partial charge in [-0.2, -0.15) is 0 Å². The van der Waals surface area contributed by atoms with Gasteiger partial charge in [0, 0.05) is 36.1 Å². The van der Waals surface area contributed by atoms with Crippen molar-refractivity contribution < 1.29 is 19.1 Å². The van der Waals surface area contributed by atoms with Gasteiger partial charge >= 0.3 is 0 Å². The van der Waals surface area contributed by atoms with Gasteiger partial charge in [-0.15, -0.1) is 0 Å². The Morgan fingerprint density at radius 1 is 0.765 bits per heavy atom. The summed E-state index contributed by atoms with van der Waals surface area (Å²) >= 11 is 0. The van der Waals surface area contributed by atoms with E-state index in [2.05, 4.69) is 10.6 Å². The third kappa shape index (κ3) is 6.75. The average molecular weight is 460 g/mol. The van der Waals surface area contributed by atoms with Crippen LogP contribution in [0.4, 0.5) is 11.4 Å². The average Bonchev–Trinajstić information content (AvgIpc) is 3.41. The van der Waals surface area contributed by atoms with Gasteiger partial charge < -0.3 is 25.0 Å². The predicted octanol–water partition coefficient (Wildman–Crippen LogP) is 4.43. The molecule has 34 heavy (non-hydrogen) atoms. The van der Waals surface area contributed by atoms with Crippen molar-refractivity contribution in [1.82, 2.24) is 4.90 Å². The Bertz CT molecular complexity index is 1100. The number of hydrogen-bond donors (Lipinski definition) is 2.